The third-order valence-corrected chi connectivity index (χ3v) is 4.00. The van der Waals surface area contributed by atoms with E-state index in [0.717, 1.165) is 0 Å². The highest BCUT2D eigenvalue weighted by atomic mass is 32.2. The number of aromatic nitrogens is 2. The third kappa shape index (κ3) is 3.03. The van der Waals surface area contributed by atoms with Gasteiger partial charge in [-0.15, -0.1) is 0 Å². The maximum absolute atomic E-state index is 11.7. The minimum Gasteiger partial charge on any atom is -0.351 e. The van der Waals surface area contributed by atoms with E-state index in [4.69, 9.17) is 0 Å². The Hall–Kier alpha value is -2.08. The topological polar surface area (TPSA) is 74.8 Å². The molecule has 0 saturated carbocycles. The number of nitrogens with zero attached hydrogens (tertiary/aromatic N) is 1. The standard InChI is InChI=1S/C13H15N3O2S/c1-3-19(17,18)16-12-7-5-4-6-11(12)10(2)13-8-14-9-15-13/h4-9,16H,2-3H2,1H3,(H,14,15). The highest BCUT2D eigenvalue weighted by molar-refractivity contribution is 7.92. The van der Waals surface area contributed by atoms with Crippen molar-refractivity contribution in [1.29, 1.82) is 0 Å². The van der Waals surface area contributed by atoms with Crippen LogP contribution in [0.2, 0.25) is 0 Å². The molecule has 19 heavy (non-hydrogen) atoms. The molecule has 2 rings (SSSR count). The lowest BCUT2D eigenvalue weighted by Crippen LogP contribution is -2.15. The van der Waals surface area contributed by atoms with Crippen LogP contribution in [0.25, 0.3) is 5.57 Å². The third-order valence-electron chi connectivity index (χ3n) is 2.71. The van der Waals surface area contributed by atoms with Crippen LogP contribution < -0.4 is 4.72 Å². The van der Waals surface area contributed by atoms with Crippen LogP contribution in [0.5, 0.6) is 0 Å². The molecule has 0 aliphatic carbocycles. The summed E-state index contributed by atoms with van der Waals surface area (Å²) in [5.41, 5.74) is 2.57. The fourth-order valence-electron chi connectivity index (χ4n) is 1.64. The maximum atomic E-state index is 11.7. The molecule has 5 nitrogen and oxygen atoms in total. The van der Waals surface area contributed by atoms with Gasteiger partial charge in [0.05, 0.1) is 23.5 Å². The van der Waals surface area contributed by atoms with Crippen LogP contribution in [0, 0.1) is 0 Å². The molecule has 0 atom stereocenters. The van der Waals surface area contributed by atoms with E-state index in [0.29, 0.717) is 22.5 Å². The van der Waals surface area contributed by atoms with Crippen molar-refractivity contribution in [2.45, 2.75) is 6.92 Å². The Morgan fingerprint density at radius 2 is 2.16 bits per heavy atom. The van der Waals surface area contributed by atoms with E-state index in [1.807, 2.05) is 12.1 Å². The largest absolute Gasteiger partial charge is 0.351 e. The van der Waals surface area contributed by atoms with Gasteiger partial charge in [0.2, 0.25) is 10.0 Å². The number of benzene rings is 1. The molecule has 1 aromatic carbocycles. The van der Waals surface area contributed by atoms with Crippen LogP contribution in [0.15, 0.2) is 43.4 Å². The fourth-order valence-corrected chi connectivity index (χ4v) is 2.30. The van der Waals surface area contributed by atoms with Gasteiger partial charge in [-0.25, -0.2) is 13.4 Å². The molecular formula is C13H15N3O2S. The molecular weight excluding hydrogens is 262 g/mol. The van der Waals surface area contributed by atoms with Crippen molar-refractivity contribution in [2.75, 3.05) is 10.5 Å². The second-order valence-electron chi connectivity index (χ2n) is 3.98. The monoisotopic (exact) mass is 277 g/mol. The molecule has 2 aromatic rings. The summed E-state index contributed by atoms with van der Waals surface area (Å²) >= 11 is 0. The Kier molecular flexibility index (Phi) is 3.71. The zero-order chi connectivity index (χ0) is 13.9. The average Bonchev–Trinajstić information content (AvgIpc) is 2.92. The minimum atomic E-state index is -3.32. The van der Waals surface area contributed by atoms with Crippen LogP contribution in [0.1, 0.15) is 18.2 Å². The molecule has 0 aliphatic heterocycles. The minimum absolute atomic E-state index is 0.0240. The number of nitrogens with one attached hydrogen (secondary N) is 2. The van der Waals surface area contributed by atoms with Crippen LogP contribution in [0.4, 0.5) is 5.69 Å². The van der Waals surface area contributed by atoms with Gasteiger partial charge in [-0.05, 0) is 13.0 Å². The van der Waals surface area contributed by atoms with Crippen LogP contribution in [-0.2, 0) is 10.0 Å². The molecule has 100 valence electrons. The van der Waals surface area contributed by atoms with E-state index >= 15 is 0 Å². The van der Waals surface area contributed by atoms with Gasteiger partial charge >= 0.3 is 0 Å². The zero-order valence-corrected chi connectivity index (χ0v) is 11.4. The molecule has 1 aromatic heterocycles. The number of aromatic amines is 1. The Morgan fingerprint density at radius 1 is 1.42 bits per heavy atom. The molecule has 2 N–H and O–H groups in total. The molecule has 1 heterocycles. The quantitative estimate of drug-likeness (QED) is 0.880. The summed E-state index contributed by atoms with van der Waals surface area (Å²) in [5, 5.41) is 0. The number of sulfonamides is 1. The number of para-hydroxylation sites is 1. The summed E-state index contributed by atoms with van der Waals surface area (Å²) in [5.74, 6) is 0.0240. The molecule has 0 bridgehead atoms. The number of rotatable bonds is 5. The van der Waals surface area contributed by atoms with E-state index < -0.39 is 10.0 Å². The van der Waals surface area contributed by atoms with Gasteiger partial charge in [-0.2, -0.15) is 0 Å². The first-order valence-corrected chi connectivity index (χ1v) is 7.46. The van der Waals surface area contributed by atoms with E-state index in [1.165, 1.54) is 0 Å². The van der Waals surface area contributed by atoms with Crippen molar-refractivity contribution >= 4 is 21.3 Å². The highest BCUT2D eigenvalue weighted by Crippen LogP contribution is 2.27. The molecule has 0 saturated heterocycles. The first-order chi connectivity index (χ1) is 9.03. The molecule has 0 radical (unpaired) electrons. The summed E-state index contributed by atoms with van der Waals surface area (Å²) in [6.45, 7) is 5.56. The van der Waals surface area contributed by atoms with E-state index in [-0.39, 0.29) is 5.75 Å². The molecule has 6 heteroatoms. The van der Waals surface area contributed by atoms with Gasteiger partial charge < -0.3 is 4.98 Å². The van der Waals surface area contributed by atoms with Crippen LogP contribution in [-0.4, -0.2) is 24.1 Å². The first-order valence-electron chi connectivity index (χ1n) is 5.81. The van der Waals surface area contributed by atoms with Crippen molar-refractivity contribution in [3.63, 3.8) is 0 Å². The Labute approximate surface area is 112 Å². The Balaban J connectivity index is 2.39. The first kappa shape index (κ1) is 13.4. The van der Waals surface area contributed by atoms with Crippen molar-refractivity contribution in [1.82, 2.24) is 9.97 Å². The van der Waals surface area contributed by atoms with Crippen molar-refractivity contribution < 1.29 is 8.42 Å². The van der Waals surface area contributed by atoms with Gasteiger partial charge in [-0.1, -0.05) is 24.8 Å². The van der Waals surface area contributed by atoms with E-state index in [2.05, 4.69) is 21.3 Å². The number of anilines is 1. The van der Waals surface area contributed by atoms with Gasteiger partial charge in [0.25, 0.3) is 0 Å². The molecule has 0 amide bonds. The smallest absolute Gasteiger partial charge is 0.232 e. The SMILES string of the molecule is C=C(c1c[nH]cn1)c1ccccc1NS(=O)(=O)CC. The second-order valence-corrected chi connectivity index (χ2v) is 6.00. The predicted molar refractivity (Wildman–Crippen MR) is 76.2 cm³/mol. The number of hydrogen-bond donors (Lipinski definition) is 2. The van der Waals surface area contributed by atoms with Gasteiger partial charge in [0, 0.05) is 17.3 Å². The van der Waals surface area contributed by atoms with E-state index in [1.54, 1.807) is 31.6 Å². The zero-order valence-electron chi connectivity index (χ0n) is 10.6. The summed E-state index contributed by atoms with van der Waals surface area (Å²) in [4.78, 5) is 6.97. The fraction of sp³-hybridized carbons (Fsp3) is 0.154. The van der Waals surface area contributed by atoms with Gasteiger partial charge in [-0.3, -0.25) is 4.72 Å². The summed E-state index contributed by atoms with van der Waals surface area (Å²) < 4.78 is 25.9. The predicted octanol–water partition coefficient (Wildman–Crippen LogP) is 2.23. The lowest BCUT2D eigenvalue weighted by Gasteiger charge is -2.12. The van der Waals surface area contributed by atoms with Crippen molar-refractivity contribution in [3.05, 3.63) is 54.6 Å². The normalized spacial score (nSPS) is 11.2. The second kappa shape index (κ2) is 5.27. The lowest BCUT2D eigenvalue weighted by atomic mass is 10.0. The Morgan fingerprint density at radius 3 is 2.79 bits per heavy atom. The maximum Gasteiger partial charge on any atom is 0.232 e. The molecule has 0 spiro atoms. The summed E-state index contributed by atoms with van der Waals surface area (Å²) in [6.07, 6.45) is 3.27. The van der Waals surface area contributed by atoms with Crippen LogP contribution in [0.3, 0.4) is 0 Å². The van der Waals surface area contributed by atoms with Crippen molar-refractivity contribution in [2.24, 2.45) is 0 Å². The van der Waals surface area contributed by atoms with Crippen LogP contribution >= 0.6 is 0 Å². The number of imidazole rings is 1. The average molecular weight is 277 g/mol. The van der Waals surface area contributed by atoms with Crippen molar-refractivity contribution in [3.8, 4) is 0 Å². The van der Waals surface area contributed by atoms with E-state index in [9.17, 15) is 8.42 Å². The lowest BCUT2D eigenvalue weighted by molar-refractivity contribution is 0.602. The van der Waals surface area contributed by atoms with Gasteiger partial charge in [0.15, 0.2) is 0 Å². The molecule has 0 aliphatic rings. The molecule has 0 unspecified atom stereocenters. The number of H-pyrrole nitrogens is 1. The van der Waals surface area contributed by atoms with Gasteiger partial charge in [0.1, 0.15) is 0 Å². The Bertz CT molecular complexity index is 676. The molecule has 0 fully saturated rings. The highest BCUT2D eigenvalue weighted by Gasteiger charge is 2.13. The summed E-state index contributed by atoms with van der Waals surface area (Å²) in [7, 11) is -3.32. The number of hydrogen-bond acceptors (Lipinski definition) is 3. The summed E-state index contributed by atoms with van der Waals surface area (Å²) in [6, 6.07) is 7.12.